The van der Waals surface area contributed by atoms with E-state index >= 15 is 0 Å². The quantitative estimate of drug-likeness (QED) is 0.571. The van der Waals surface area contributed by atoms with Gasteiger partial charge < -0.3 is 0 Å². The molecule has 0 aliphatic rings. The molecule has 0 bridgehead atoms. The first-order chi connectivity index (χ1) is 1.41. The maximum atomic E-state index is 4.73. The van der Waals surface area contributed by atoms with E-state index in [1.54, 1.807) is 0 Å². The predicted molar refractivity (Wildman–Crippen MR) is 19.2 cm³/mol. The number of hydrogen-bond acceptors (Lipinski definition) is 0. The molecule has 0 unspecified atom stereocenters. The molecule has 0 aliphatic heterocycles. The molecule has 7 heavy (non-hydrogen) atoms. The van der Waals surface area contributed by atoms with Crippen LogP contribution in [0.15, 0.2) is 0 Å². The van der Waals surface area contributed by atoms with Gasteiger partial charge in [0.25, 0.3) is 0 Å². The summed E-state index contributed by atoms with van der Waals surface area (Å²) in [6, 6.07) is 0. The first kappa shape index (κ1) is 39.8. The molecule has 0 amide bonds. The third-order valence-electron chi connectivity index (χ3n) is 0. The fourth-order valence-electron chi connectivity index (χ4n) is 0. The van der Waals surface area contributed by atoms with Crippen LogP contribution < -0.4 is 0 Å². The summed E-state index contributed by atoms with van der Waals surface area (Å²) in [4.78, 5) is 0. The van der Waals surface area contributed by atoms with E-state index in [-0.39, 0.29) is 31.2 Å². The largest absolute Gasteiger partial charge is 0 e. The zero-order valence-corrected chi connectivity index (χ0v) is 6.43. The van der Waals surface area contributed by atoms with Gasteiger partial charge in [0.15, 0.2) is 0 Å². The van der Waals surface area contributed by atoms with Gasteiger partial charge in [0.1, 0.15) is 0 Å². The Morgan fingerprint density at radius 3 is 0.857 bits per heavy atom. The van der Waals surface area contributed by atoms with Crippen LogP contribution in [0.25, 0.3) is 0 Å². The molecule has 1 radical (unpaired) electrons. The van der Waals surface area contributed by atoms with Crippen LogP contribution in [-0.4, -0.2) is 0 Å². The molecule has 0 heterocycles. The van der Waals surface area contributed by atoms with Crippen molar-refractivity contribution in [1.82, 2.24) is 0 Å². The minimum Gasteiger partial charge on any atom is 0 e. The molecule has 0 saturated carbocycles. The topological polar surface area (TPSA) is 0 Å². The molecule has 0 nitrogen and oxygen atoms in total. The Morgan fingerprint density at radius 1 is 0.857 bits per heavy atom. The molecule has 0 aromatic heterocycles. The Hall–Kier alpha value is 1.40. The SMILES string of the molecule is F.F.F.[Cl][Co][Cl].[Mn]. The van der Waals surface area contributed by atoms with Crippen LogP contribution >= 0.6 is 20.3 Å². The maximum absolute atomic E-state index is 4.73. The van der Waals surface area contributed by atoms with Crippen molar-refractivity contribution in [3.8, 4) is 0 Å². The third-order valence-corrected chi connectivity index (χ3v) is 0. The van der Waals surface area contributed by atoms with Crippen molar-refractivity contribution < 1.29 is 44.1 Å². The summed E-state index contributed by atoms with van der Waals surface area (Å²) < 4.78 is 0. The first-order valence-electron chi connectivity index (χ1n) is 0.252. The van der Waals surface area contributed by atoms with E-state index in [1.807, 2.05) is 0 Å². The number of rotatable bonds is 0. The normalized spacial score (nSPS) is 3.14. The van der Waals surface area contributed by atoms with E-state index in [1.165, 1.54) is 0 Å². The number of halogens is 5. The minimum absolute atomic E-state index is 0. The summed E-state index contributed by atoms with van der Waals surface area (Å²) in [5.74, 6) is 0. The van der Waals surface area contributed by atoms with Crippen molar-refractivity contribution in [2.24, 2.45) is 0 Å². The van der Waals surface area contributed by atoms with Crippen LogP contribution in [0.4, 0.5) is 14.1 Å². The van der Waals surface area contributed by atoms with E-state index in [2.05, 4.69) is 0 Å². The first-order valence-corrected chi connectivity index (χ1v) is 3.12. The van der Waals surface area contributed by atoms with Crippen molar-refractivity contribution in [3.63, 3.8) is 0 Å². The van der Waals surface area contributed by atoms with Crippen LogP contribution in [0.5, 0.6) is 0 Å². The fourth-order valence-corrected chi connectivity index (χ4v) is 0. The van der Waals surface area contributed by atoms with Crippen LogP contribution in [-0.2, 0) is 30.0 Å². The van der Waals surface area contributed by atoms with Gasteiger partial charge in [-0.2, -0.15) is 0 Å². The molecule has 0 fully saturated rings. The zero-order valence-electron chi connectivity index (χ0n) is 2.69. The molecule has 0 rings (SSSR count). The average Bonchev–Trinajstić information content (AvgIpc) is 0.918. The summed E-state index contributed by atoms with van der Waals surface area (Å²) >= 11 is 0.382. The molecule has 54 valence electrons. The third kappa shape index (κ3) is 111. The molecule has 0 atom stereocenters. The van der Waals surface area contributed by atoms with Crippen molar-refractivity contribution >= 4 is 20.3 Å². The Balaban J connectivity index is -0.00000000333. The van der Waals surface area contributed by atoms with Crippen LogP contribution in [0.2, 0.25) is 0 Å². The van der Waals surface area contributed by atoms with E-state index in [9.17, 15) is 0 Å². The van der Waals surface area contributed by atoms with Gasteiger partial charge in [0, 0.05) is 17.1 Å². The molecule has 0 aliphatic carbocycles. The van der Waals surface area contributed by atoms with Gasteiger partial charge in [-0.3, -0.25) is 14.1 Å². The molecule has 0 aromatic rings. The summed E-state index contributed by atoms with van der Waals surface area (Å²) in [5, 5.41) is 0. The molecule has 7 heteroatoms. The van der Waals surface area contributed by atoms with Gasteiger partial charge in [-0.1, -0.05) is 0 Å². The molecule has 0 N–H and O–H groups in total. The fraction of sp³-hybridized carbons (Fsp3) is 0. The Kier molecular flexibility index (Phi) is 300. The van der Waals surface area contributed by atoms with Crippen molar-refractivity contribution in [2.45, 2.75) is 0 Å². The second-order valence-corrected chi connectivity index (χ2v) is 1.77. The van der Waals surface area contributed by atoms with E-state index in [0.717, 1.165) is 0 Å². The Morgan fingerprint density at radius 2 is 0.857 bits per heavy atom. The van der Waals surface area contributed by atoms with Gasteiger partial charge in [-0.15, -0.1) is 0 Å². The molecular weight excluding hydrogens is 242 g/mol. The Bertz CT molecular complexity index is 12.9. The standard InChI is InChI=1S/2ClH.Co.3FH.Mn/h2*1H;;3*1H;/q;;+2;;;;/p-2. The van der Waals surface area contributed by atoms with Crippen molar-refractivity contribution in [1.29, 1.82) is 0 Å². The van der Waals surface area contributed by atoms with Crippen molar-refractivity contribution in [2.75, 3.05) is 0 Å². The average molecular weight is 245 g/mol. The maximum Gasteiger partial charge on any atom is 0 e. The van der Waals surface area contributed by atoms with Gasteiger partial charge in [0.2, 0.25) is 0 Å². The summed E-state index contributed by atoms with van der Waals surface area (Å²) in [6.45, 7) is 0. The predicted octanol–water partition coefficient (Wildman–Crippen LogP) is 1.83. The van der Waals surface area contributed by atoms with Gasteiger partial charge in [-0.05, 0) is 0 Å². The summed E-state index contributed by atoms with van der Waals surface area (Å²) in [6.07, 6.45) is 0. The van der Waals surface area contributed by atoms with E-state index < -0.39 is 0 Å². The summed E-state index contributed by atoms with van der Waals surface area (Å²) in [5.41, 5.74) is 0. The molecule has 0 spiro atoms. The van der Waals surface area contributed by atoms with E-state index in [0.29, 0.717) is 12.9 Å². The van der Waals surface area contributed by atoms with E-state index in [4.69, 9.17) is 20.3 Å². The second kappa shape index (κ2) is 52.7. The molecule has 0 saturated heterocycles. The zero-order chi connectivity index (χ0) is 2.71. The smallest absolute Gasteiger partial charge is 0 e. The van der Waals surface area contributed by atoms with Gasteiger partial charge in [-0.25, -0.2) is 0 Å². The van der Waals surface area contributed by atoms with Crippen molar-refractivity contribution in [3.05, 3.63) is 0 Å². The Labute approximate surface area is 64.4 Å². The van der Waals surface area contributed by atoms with Crippen LogP contribution in [0.1, 0.15) is 0 Å². The summed E-state index contributed by atoms with van der Waals surface area (Å²) in [7, 11) is 9.47. The van der Waals surface area contributed by atoms with Crippen LogP contribution in [0.3, 0.4) is 0 Å². The minimum atomic E-state index is 0. The molecule has 0 aromatic carbocycles. The number of hydrogen-bond donors (Lipinski definition) is 0. The van der Waals surface area contributed by atoms with Crippen LogP contribution in [0, 0.1) is 0 Å². The second-order valence-electron chi connectivity index (χ2n) is 0.0476. The van der Waals surface area contributed by atoms with Gasteiger partial charge in [0.05, 0.1) is 0 Å². The monoisotopic (exact) mass is 244 g/mol. The van der Waals surface area contributed by atoms with Gasteiger partial charge >= 0.3 is 33.2 Å². The molecular formula is H3Cl2CoF3Mn.